The molecule has 0 aliphatic rings. The maximum Gasteiger partial charge on any atom is 0.255 e. The van der Waals surface area contributed by atoms with E-state index in [-0.39, 0.29) is 11.8 Å². The molecule has 0 aliphatic carbocycles. The minimum absolute atomic E-state index is 0.180. The lowest BCUT2D eigenvalue weighted by Crippen LogP contribution is -2.13. The van der Waals surface area contributed by atoms with E-state index in [1.807, 2.05) is 39.0 Å². The van der Waals surface area contributed by atoms with Gasteiger partial charge in [-0.15, -0.1) is 0 Å². The molecule has 110 valence electrons. The number of carbonyl (C=O) groups excluding carboxylic acids is 1. The summed E-state index contributed by atoms with van der Waals surface area (Å²) in [7, 11) is 0. The molecule has 0 unspecified atom stereocenters. The van der Waals surface area contributed by atoms with Gasteiger partial charge in [0.15, 0.2) is 0 Å². The third-order valence-corrected chi connectivity index (χ3v) is 4.45. The molecule has 0 radical (unpaired) electrons. The maximum absolute atomic E-state index is 12.3. The Hall–Kier alpha value is -1.14. The lowest BCUT2D eigenvalue weighted by molar-refractivity contribution is 0.102. The molecule has 0 spiro atoms. The molecule has 5 heteroatoms. The summed E-state index contributed by atoms with van der Waals surface area (Å²) in [6.07, 6.45) is 0. The fraction of sp³-hybridized carbons (Fsp3) is 0.250. The van der Waals surface area contributed by atoms with Gasteiger partial charge >= 0.3 is 0 Å². The van der Waals surface area contributed by atoms with Gasteiger partial charge in [-0.25, -0.2) is 4.98 Å². The van der Waals surface area contributed by atoms with E-state index in [1.165, 1.54) is 5.56 Å². The van der Waals surface area contributed by atoms with Crippen molar-refractivity contribution >= 4 is 45.8 Å². The summed E-state index contributed by atoms with van der Waals surface area (Å²) in [6.45, 7) is 6.07. The van der Waals surface area contributed by atoms with Gasteiger partial charge in [0, 0.05) is 20.5 Å². The number of anilines is 1. The van der Waals surface area contributed by atoms with Crippen LogP contribution >= 0.6 is 34.2 Å². The molecule has 0 saturated heterocycles. The highest BCUT2D eigenvalue weighted by Crippen LogP contribution is 2.20. The van der Waals surface area contributed by atoms with Gasteiger partial charge in [-0.1, -0.05) is 31.5 Å². The van der Waals surface area contributed by atoms with Crippen LogP contribution in [0.25, 0.3) is 0 Å². The quantitative estimate of drug-likeness (QED) is 0.566. The number of halogens is 2. The van der Waals surface area contributed by atoms with Crippen molar-refractivity contribution in [3.63, 3.8) is 0 Å². The van der Waals surface area contributed by atoms with Crippen LogP contribution in [-0.4, -0.2) is 10.9 Å². The van der Waals surface area contributed by atoms with Gasteiger partial charge in [0.1, 0.15) is 5.15 Å². The number of nitrogens with zero attached hydrogens (tertiary/aromatic N) is 1. The molecule has 1 amide bonds. The second-order valence-corrected chi connectivity index (χ2v) is 6.73. The monoisotopic (exact) mass is 414 g/mol. The highest BCUT2D eigenvalue weighted by molar-refractivity contribution is 14.1. The Morgan fingerprint density at radius 3 is 2.62 bits per heavy atom. The largest absolute Gasteiger partial charge is 0.322 e. The summed E-state index contributed by atoms with van der Waals surface area (Å²) >= 11 is 8.24. The molecule has 1 heterocycles. The lowest BCUT2D eigenvalue weighted by Gasteiger charge is -2.10. The summed E-state index contributed by atoms with van der Waals surface area (Å²) in [4.78, 5) is 16.6. The average molecular weight is 415 g/mol. The van der Waals surface area contributed by atoms with Crippen LogP contribution in [0.2, 0.25) is 5.15 Å². The lowest BCUT2D eigenvalue weighted by atomic mass is 10.1. The molecule has 3 nitrogen and oxygen atoms in total. The van der Waals surface area contributed by atoms with Crippen LogP contribution in [0.1, 0.15) is 41.4 Å². The second kappa shape index (κ2) is 6.75. The van der Waals surface area contributed by atoms with Crippen molar-refractivity contribution in [2.45, 2.75) is 26.7 Å². The topological polar surface area (TPSA) is 42.0 Å². The van der Waals surface area contributed by atoms with Gasteiger partial charge in [0.05, 0.1) is 0 Å². The number of hydrogen-bond donors (Lipinski definition) is 1. The highest BCUT2D eigenvalue weighted by atomic mass is 127. The molecule has 0 aliphatic heterocycles. The predicted octanol–water partition coefficient (Wildman–Crippen LogP) is 5.02. The Balaban J connectivity index is 2.25. The van der Waals surface area contributed by atoms with Gasteiger partial charge < -0.3 is 5.32 Å². The number of amides is 1. The predicted molar refractivity (Wildman–Crippen MR) is 95.2 cm³/mol. The van der Waals surface area contributed by atoms with Crippen molar-refractivity contribution in [3.05, 3.63) is 55.9 Å². The number of rotatable bonds is 3. The molecule has 1 aromatic heterocycles. The van der Waals surface area contributed by atoms with Crippen molar-refractivity contribution in [1.29, 1.82) is 0 Å². The van der Waals surface area contributed by atoms with E-state index >= 15 is 0 Å². The first-order valence-corrected chi connectivity index (χ1v) is 8.07. The zero-order chi connectivity index (χ0) is 15.6. The number of aromatic nitrogens is 1. The molecule has 21 heavy (non-hydrogen) atoms. The van der Waals surface area contributed by atoms with Crippen molar-refractivity contribution < 1.29 is 4.79 Å². The van der Waals surface area contributed by atoms with Crippen LogP contribution < -0.4 is 5.32 Å². The SMILES string of the molecule is Cc1ccc(NC(=O)c2cc(Cl)nc(C(C)C)c2)cc1I. The van der Waals surface area contributed by atoms with Crippen molar-refractivity contribution in [2.75, 3.05) is 5.32 Å². The number of hydrogen-bond acceptors (Lipinski definition) is 2. The first-order valence-electron chi connectivity index (χ1n) is 6.62. The molecule has 1 aromatic carbocycles. The van der Waals surface area contributed by atoms with Crippen molar-refractivity contribution in [2.24, 2.45) is 0 Å². The average Bonchev–Trinajstić information content (AvgIpc) is 2.42. The van der Waals surface area contributed by atoms with Gasteiger partial charge in [0.25, 0.3) is 5.91 Å². The zero-order valence-corrected chi connectivity index (χ0v) is 15.0. The molecule has 0 atom stereocenters. The Kier molecular flexibility index (Phi) is 5.22. The van der Waals surface area contributed by atoms with E-state index in [2.05, 4.69) is 32.9 Å². The first kappa shape index (κ1) is 16.2. The van der Waals surface area contributed by atoms with Crippen LogP contribution in [0.4, 0.5) is 5.69 Å². The van der Waals surface area contributed by atoms with E-state index in [9.17, 15) is 4.79 Å². The van der Waals surface area contributed by atoms with Gasteiger partial charge in [-0.2, -0.15) is 0 Å². The van der Waals surface area contributed by atoms with E-state index in [4.69, 9.17) is 11.6 Å². The van der Waals surface area contributed by atoms with Crippen LogP contribution in [0, 0.1) is 10.5 Å². The van der Waals surface area contributed by atoms with Gasteiger partial charge in [-0.05, 0) is 65.3 Å². The molecule has 0 bridgehead atoms. The highest BCUT2D eigenvalue weighted by Gasteiger charge is 2.12. The molecular weight excluding hydrogens is 399 g/mol. The van der Waals surface area contributed by atoms with E-state index in [1.54, 1.807) is 12.1 Å². The maximum atomic E-state index is 12.3. The van der Waals surface area contributed by atoms with Crippen LogP contribution in [0.3, 0.4) is 0 Å². The summed E-state index contributed by atoms with van der Waals surface area (Å²) in [5, 5.41) is 3.23. The molecule has 2 aromatic rings. The number of benzene rings is 1. The number of pyridine rings is 1. The van der Waals surface area contributed by atoms with Crippen molar-refractivity contribution in [1.82, 2.24) is 4.98 Å². The smallest absolute Gasteiger partial charge is 0.255 e. The summed E-state index contributed by atoms with van der Waals surface area (Å²) in [5.74, 6) is 0.0384. The third-order valence-electron chi connectivity index (χ3n) is 3.10. The normalized spacial score (nSPS) is 10.8. The Labute approximate surface area is 143 Å². The fourth-order valence-electron chi connectivity index (χ4n) is 1.82. The third kappa shape index (κ3) is 4.17. The number of aryl methyl sites for hydroxylation is 1. The minimum Gasteiger partial charge on any atom is -0.322 e. The minimum atomic E-state index is -0.180. The Morgan fingerprint density at radius 2 is 2.00 bits per heavy atom. The van der Waals surface area contributed by atoms with Crippen LogP contribution in [-0.2, 0) is 0 Å². The number of nitrogens with one attached hydrogen (secondary N) is 1. The molecule has 0 saturated carbocycles. The molecule has 1 N–H and O–H groups in total. The van der Waals surface area contributed by atoms with E-state index in [0.717, 1.165) is 15.0 Å². The summed E-state index contributed by atoms with van der Waals surface area (Å²) in [5.41, 5.74) is 3.29. The van der Waals surface area contributed by atoms with Crippen LogP contribution in [0.5, 0.6) is 0 Å². The first-order chi connectivity index (χ1) is 9.86. The zero-order valence-electron chi connectivity index (χ0n) is 12.1. The van der Waals surface area contributed by atoms with Gasteiger partial charge in [0.2, 0.25) is 0 Å². The molecule has 2 rings (SSSR count). The standard InChI is InChI=1S/C16H16ClIN2O/c1-9(2)14-6-11(7-15(17)20-14)16(21)19-12-5-4-10(3)13(18)8-12/h4-9H,1-3H3,(H,19,21). The summed E-state index contributed by atoms with van der Waals surface area (Å²) in [6, 6.07) is 9.19. The van der Waals surface area contributed by atoms with Crippen molar-refractivity contribution in [3.8, 4) is 0 Å². The van der Waals surface area contributed by atoms with Gasteiger partial charge in [-0.3, -0.25) is 4.79 Å². The fourth-order valence-corrected chi connectivity index (χ4v) is 2.55. The van der Waals surface area contributed by atoms with E-state index < -0.39 is 0 Å². The Morgan fingerprint density at radius 1 is 1.29 bits per heavy atom. The summed E-state index contributed by atoms with van der Waals surface area (Å²) < 4.78 is 1.11. The van der Waals surface area contributed by atoms with Crippen LogP contribution in [0.15, 0.2) is 30.3 Å². The van der Waals surface area contributed by atoms with E-state index in [0.29, 0.717) is 10.7 Å². The molecular formula is C16H16ClIN2O. The molecule has 0 fully saturated rings. The number of carbonyl (C=O) groups is 1. The second-order valence-electron chi connectivity index (χ2n) is 5.18. The Bertz CT molecular complexity index is 686.